The highest BCUT2D eigenvalue weighted by molar-refractivity contribution is 5.81. The Balaban J connectivity index is 3.75. The molecule has 0 saturated carbocycles. The molecule has 0 aliphatic rings. The Bertz CT molecular complexity index is 220. The van der Waals surface area contributed by atoms with E-state index in [4.69, 9.17) is 6.42 Å². The Labute approximate surface area is 93.0 Å². The predicted molar refractivity (Wildman–Crippen MR) is 63.4 cm³/mol. The monoisotopic (exact) mass is 210 g/mol. The Kier molecular flexibility index (Phi) is 7.75. The summed E-state index contributed by atoms with van der Waals surface area (Å²) in [7, 11) is 0. The van der Waals surface area contributed by atoms with E-state index in [1.54, 1.807) is 0 Å². The Morgan fingerprint density at radius 3 is 2.67 bits per heavy atom. The topological polar surface area (TPSA) is 41.1 Å². The van der Waals surface area contributed by atoms with Gasteiger partial charge in [0.05, 0.1) is 12.6 Å². The molecule has 1 amide bonds. The zero-order chi connectivity index (χ0) is 11.7. The molecule has 0 rings (SSSR count). The second-order valence-corrected chi connectivity index (χ2v) is 3.85. The van der Waals surface area contributed by atoms with Gasteiger partial charge in [-0.05, 0) is 20.3 Å². The van der Waals surface area contributed by atoms with E-state index in [-0.39, 0.29) is 11.9 Å². The van der Waals surface area contributed by atoms with Crippen molar-refractivity contribution in [2.45, 2.75) is 52.1 Å². The third kappa shape index (κ3) is 6.98. The van der Waals surface area contributed by atoms with Crippen LogP contribution < -0.4 is 10.6 Å². The van der Waals surface area contributed by atoms with E-state index in [0.29, 0.717) is 12.6 Å². The maximum Gasteiger partial charge on any atom is 0.237 e. The molecule has 86 valence electrons. The zero-order valence-electron chi connectivity index (χ0n) is 9.97. The highest BCUT2D eigenvalue weighted by Crippen LogP contribution is 2.00. The van der Waals surface area contributed by atoms with Crippen molar-refractivity contribution in [3.63, 3.8) is 0 Å². The third-order valence-electron chi connectivity index (χ3n) is 2.28. The summed E-state index contributed by atoms with van der Waals surface area (Å²) >= 11 is 0. The summed E-state index contributed by atoms with van der Waals surface area (Å²) in [5.74, 6) is 2.35. The fourth-order valence-electron chi connectivity index (χ4n) is 1.39. The lowest BCUT2D eigenvalue weighted by Gasteiger charge is -2.18. The number of carbonyl (C=O) groups is 1. The summed E-state index contributed by atoms with van der Waals surface area (Å²) in [6, 6.07) is 0.196. The van der Waals surface area contributed by atoms with Crippen molar-refractivity contribution in [1.29, 1.82) is 0 Å². The van der Waals surface area contributed by atoms with E-state index >= 15 is 0 Å². The predicted octanol–water partition coefficient (Wildman–Crippen LogP) is 1.29. The number of rotatable bonds is 7. The number of nitrogens with one attached hydrogen (secondary N) is 2. The smallest absolute Gasteiger partial charge is 0.237 e. The maximum atomic E-state index is 11.4. The number of carbonyl (C=O) groups excluding carboxylic acids is 1. The zero-order valence-corrected chi connectivity index (χ0v) is 9.97. The molecule has 0 fully saturated rings. The lowest BCUT2D eigenvalue weighted by molar-refractivity contribution is -0.122. The molecule has 0 bridgehead atoms. The van der Waals surface area contributed by atoms with Crippen LogP contribution in [0.5, 0.6) is 0 Å². The number of amides is 1. The van der Waals surface area contributed by atoms with Crippen LogP contribution in [0.3, 0.4) is 0 Å². The van der Waals surface area contributed by atoms with E-state index in [1.165, 1.54) is 12.8 Å². The molecule has 0 heterocycles. The van der Waals surface area contributed by atoms with Gasteiger partial charge >= 0.3 is 0 Å². The fraction of sp³-hybridized carbons (Fsp3) is 0.750. The molecular weight excluding hydrogens is 188 g/mol. The molecule has 0 aliphatic heterocycles. The molecule has 0 aliphatic carbocycles. The summed E-state index contributed by atoms with van der Waals surface area (Å²) in [4.78, 5) is 11.4. The summed E-state index contributed by atoms with van der Waals surface area (Å²) in [5, 5.41) is 5.90. The summed E-state index contributed by atoms with van der Waals surface area (Å²) in [6.07, 6.45) is 8.53. The minimum atomic E-state index is -0.176. The van der Waals surface area contributed by atoms with Crippen molar-refractivity contribution in [3.05, 3.63) is 0 Å². The molecule has 15 heavy (non-hydrogen) atoms. The Morgan fingerprint density at radius 1 is 1.47 bits per heavy atom. The number of hydrogen-bond donors (Lipinski definition) is 2. The van der Waals surface area contributed by atoms with Gasteiger partial charge in [-0.1, -0.05) is 25.7 Å². The number of unbranched alkanes of at least 4 members (excludes halogenated alkanes) is 1. The van der Waals surface area contributed by atoms with Crippen molar-refractivity contribution in [3.8, 4) is 12.3 Å². The molecule has 0 radical (unpaired) electrons. The number of terminal acetylenes is 1. The van der Waals surface area contributed by atoms with Crippen molar-refractivity contribution in [2.24, 2.45) is 0 Å². The van der Waals surface area contributed by atoms with E-state index in [9.17, 15) is 4.79 Å². The Morgan fingerprint density at radius 2 is 2.13 bits per heavy atom. The summed E-state index contributed by atoms with van der Waals surface area (Å²) < 4.78 is 0. The SMILES string of the molecule is C#CCNC(=O)C(C)NC(C)CCCC. The third-order valence-corrected chi connectivity index (χ3v) is 2.28. The van der Waals surface area contributed by atoms with Crippen LogP contribution in [0.15, 0.2) is 0 Å². The molecule has 0 aromatic carbocycles. The van der Waals surface area contributed by atoms with E-state index in [0.717, 1.165) is 6.42 Å². The van der Waals surface area contributed by atoms with Gasteiger partial charge in [0.1, 0.15) is 0 Å². The van der Waals surface area contributed by atoms with Gasteiger partial charge in [0.2, 0.25) is 5.91 Å². The lowest BCUT2D eigenvalue weighted by Crippen LogP contribution is -2.45. The average molecular weight is 210 g/mol. The maximum absolute atomic E-state index is 11.4. The van der Waals surface area contributed by atoms with Gasteiger partial charge < -0.3 is 10.6 Å². The molecule has 0 spiro atoms. The van der Waals surface area contributed by atoms with Crippen LogP contribution in [-0.4, -0.2) is 24.5 Å². The molecule has 2 N–H and O–H groups in total. The second kappa shape index (κ2) is 8.31. The summed E-state index contributed by atoms with van der Waals surface area (Å²) in [6.45, 7) is 6.42. The molecule has 2 unspecified atom stereocenters. The minimum Gasteiger partial charge on any atom is -0.344 e. The normalized spacial score (nSPS) is 14.0. The first kappa shape index (κ1) is 14.0. The molecule has 3 nitrogen and oxygen atoms in total. The fourth-order valence-corrected chi connectivity index (χ4v) is 1.39. The quantitative estimate of drug-likeness (QED) is 0.622. The lowest BCUT2D eigenvalue weighted by atomic mass is 10.1. The van der Waals surface area contributed by atoms with Crippen LogP contribution in [0, 0.1) is 12.3 Å². The van der Waals surface area contributed by atoms with E-state index < -0.39 is 0 Å². The van der Waals surface area contributed by atoms with Crippen LogP contribution >= 0.6 is 0 Å². The van der Waals surface area contributed by atoms with Crippen LogP contribution in [0.25, 0.3) is 0 Å². The van der Waals surface area contributed by atoms with Crippen LogP contribution in [0.1, 0.15) is 40.0 Å². The first-order valence-electron chi connectivity index (χ1n) is 5.59. The first-order chi connectivity index (χ1) is 7.11. The van der Waals surface area contributed by atoms with Crippen LogP contribution in [0.4, 0.5) is 0 Å². The first-order valence-corrected chi connectivity index (χ1v) is 5.59. The van der Waals surface area contributed by atoms with Gasteiger partial charge in [0.15, 0.2) is 0 Å². The van der Waals surface area contributed by atoms with Crippen LogP contribution in [-0.2, 0) is 4.79 Å². The van der Waals surface area contributed by atoms with Gasteiger partial charge in [0, 0.05) is 6.04 Å². The van der Waals surface area contributed by atoms with Crippen LogP contribution in [0.2, 0.25) is 0 Å². The van der Waals surface area contributed by atoms with Gasteiger partial charge in [0.25, 0.3) is 0 Å². The summed E-state index contributed by atoms with van der Waals surface area (Å²) in [5.41, 5.74) is 0. The van der Waals surface area contributed by atoms with Crippen molar-refractivity contribution >= 4 is 5.91 Å². The Hall–Kier alpha value is -1.01. The number of hydrogen-bond acceptors (Lipinski definition) is 2. The highest BCUT2D eigenvalue weighted by Gasteiger charge is 2.13. The molecule has 2 atom stereocenters. The van der Waals surface area contributed by atoms with Crippen molar-refractivity contribution in [1.82, 2.24) is 10.6 Å². The molecule has 3 heteroatoms. The highest BCUT2D eigenvalue weighted by atomic mass is 16.2. The van der Waals surface area contributed by atoms with Gasteiger partial charge in [-0.15, -0.1) is 6.42 Å². The molecular formula is C12H22N2O. The molecule has 0 aromatic heterocycles. The average Bonchev–Trinajstić information content (AvgIpc) is 2.22. The second-order valence-electron chi connectivity index (χ2n) is 3.85. The van der Waals surface area contributed by atoms with Gasteiger partial charge in [-0.3, -0.25) is 4.79 Å². The standard InChI is InChI=1S/C12H22N2O/c1-5-7-8-10(3)14-11(4)12(15)13-9-6-2/h2,10-11,14H,5,7-9H2,1,3-4H3,(H,13,15). The van der Waals surface area contributed by atoms with Crippen molar-refractivity contribution in [2.75, 3.05) is 6.54 Å². The van der Waals surface area contributed by atoms with Gasteiger partial charge in [-0.25, -0.2) is 0 Å². The minimum absolute atomic E-state index is 0.0312. The van der Waals surface area contributed by atoms with E-state index in [2.05, 4.69) is 30.4 Å². The van der Waals surface area contributed by atoms with E-state index in [1.807, 2.05) is 6.92 Å². The molecule has 0 saturated heterocycles. The molecule has 0 aromatic rings. The largest absolute Gasteiger partial charge is 0.344 e. The van der Waals surface area contributed by atoms with Crippen molar-refractivity contribution < 1.29 is 4.79 Å². The van der Waals surface area contributed by atoms with Gasteiger partial charge in [-0.2, -0.15) is 0 Å².